The topological polar surface area (TPSA) is 59.9 Å². The van der Waals surface area contributed by atoms with Crippen molar-refractivity contribution in [1.82, 2.24) is 5.43 Å². The molecular weight excluding hydrogens is 419 g/mol. The zero-order valence-corrected chi connectivity index (χ0v) is 15.7. The van der Waals surface area contributed by atoms with E-state index in [9.17, 15) is 4.79 Å². The van der Waals surface area contributed by atoms with Crippen LogP contribution in [0.1, 0.15) is 5.56 Å². The molecule has 1 N–H and O–H groups in total. The van der Waals surface area contributed by atoms with Crippen molar-refractivity contribution in [2.24, 2.45) is 5.10 Å². The van der Waals surface area contributed by atoms with Gasteiger partial charge in [-0.2, -0.15) is 5.10 Å². The minimum atomic E-state index is -0.412. The number of rotatable bonds is 6. The molecule has 0 aliphatic heterocycles. The maximum absolute atomic E-state index is 11.7. The van der Waals surface area contributed by atoms with Crippen molar-refractivity contribution in [2.45, 2.75) is 0 Å². The van der Waals surface area contributed by atoms with Crippen LogP contribution in [0.5, 0.6) is 11.5 Å². The van der Waals surface area contributed by atoms with Crippen LogP contribution in [0.3, 0.4) is 0 Å². The average Bonchev–Trinajstić information content (AvgIpc) is 2.54. The van der Waals surface area contributed by atoms with Crippen LogP contribution < -0.4 is 14.9 Å². The molecule has 126 valence electrons. The van der Waals surface area contributed by atoms with E-state index in [1.165, 1.54) is 12.3 Å². The highest BCUT2D eigenvalue weighted by atomic mass is 79.9. The number of amides is 1. The number of methoxy groups -OCH3 is 1. The van der Waals surface area contributed by atoms with E-state index in [-0.39, 0.29) is 6.61 Å². The molecule has 2 aromatic rings. The van der Waals surface area contributed by atoms with Gasteiger partial charge in [-0.1, -0.05) is 23.2 Å². The molecule has 0 fully saturated rings. The molecule has 0 spiro atoms. The summed E-state index contributed by atoms with van der Waals surface area (Å²) in [5.41, 5.74) is 3.17. The molecule has 2 rings (SSSR count). The van der Waals surface area contributed by atoms with Gasteiger partial charge in [0.25, 0.3) is 5.91 Å². The summed E-state index contributed by atoms with van der Waals surface area (Å²) >= 11 is 15.1. The maximum atomic E-state index is 11.7. The Morgan fingerprint density at radius 3 is 2.67 bits per heavy atom. The Labute approximate surface area is 157 Å². The van der Waals surface area contributed by atoms with E-state index in [2.05, 4.69) is 26.5 Å². The van der Waals surface area contributed by atoms with E-state index in [4.69, 9.17) is 32.7 Å². The van der Waals surface area contributed by atoms with E-state index in [0.717, 1.165) is 10.0 Å². The number of carbonyl (C=O) groups excluding carboxylic acids is 1. The van der Waals surface area contributed by atoms with Crippen LogP contribution in [-0.4, -0.2) is 25.8 Å². The minimum Gasteiger partial charge on any atom is -0.496 e. The molecule has 0 aliphatic rings. The molecule has 0 aliphatic carbocycles. The Hall–Kier alpha value is -1.76. The van der Waals surface area contributed by atoms with Crippen molar-refractivity contribution in [2.75, 3.05) is 13.7 Å². The van der Waals surface area contributed by atoms with E-state index in [1.807, 2.05) is 12.1 Å². The Kier molecular flexibility index (Phi) is 6.90. The Morgan fingerprint density at radius 1 is 1.25 bits per heavy atom. The monoisotopic (exact) mass is 430 g/mol. The zero-order chi connectivity index (χ0) is 17.5. The van der Waals surface area contributed by atoms with Gasteiger partial charge in [0.05, 0.1) is 22.8 Å². The number of ether oxygens (including phenoxy) is 2. The minimum absolute atomic E-state index is 0.217. The van der Waals surface area contributed by atoms with E-state index < -0.39 is 5.91 Å². The van der Waals surface area contributed by atoms with Gasteiger partial charge in [-0.25, -0.2) is 5.43 Å². The average molecular weight is 432 g/mol. The molecular formula is C16H13BrCl2N2O3. The number of hydrazone groups is 1. The first kappa shape index (κ1) is 18.6. The molecule has 0 radical (unpaired) electrons. The normalized spacial score (nSPS) is 10.7. The van der Waals surface area contributed by atoms with Gasteiger partial charge in [0.1, 0.15) is 11.5 Å². The Balaban J connectivity index is 1.85. The molecule has 0 unspecified atom stereocenters. The molecule has 0 saturated carbocycles. The maximum Gasteiger partial charge on any atom is 0.277 e. The lowest BCUT2D eigenvalue weighted by Crippen LogP contribution is -2.24. The van der Waals surface area contributed by atoms with Crippen LogP contribution in [0.25, 0.3) is 0 Å². The van der Waals surface area contributed by atoms with Crippen molar-refractivity contribution < 1.29 is 14.3 Å². The summed E-state index contributed by atoms with van der Waals surface area (Å²) in [6.07, 6.45) is 1.51. The molecule has 0 heterocycles. The lowest BCUT2D eigenvalue weighted by Gasteiger charge is -2.07. The first-order chi connectivity index (χ1) is 11.5. The lowest BCUT2D eigenvalue weighted by atomic mass is 10.2. The first-order valence-electron chi connectivity index (χ1n) is 6.73. The SMILES string of the molecule is COc1ccc(/C=N/NC(=O)COc2ccc(Cl)cc2Cl)cc1Br. The van der Waals surface area contributed by atoms with Crippen molar-refractivity contribution in [1.29, 1.82) is 0 Å². The first-order valence-corrected chi connectivity index (χ1v) is 8.28. The van der Waals surface area contributed by atoms with Gasteiger partial charge in [-0.3, -0.25) is 4.79 Å². The van der Waals surface area contributed by atoms with Crippen molar-refractivity contribution in [3.05, 3.63) is 56.5 Å². The molecule has 0 saturated heterocycles. The Morgan fingerprint density at radius 2 is 2.00 bits per heavy atom. The highest BCUT2D eigenvalue weighted by Gasteiger charge is 2.06. The summed E-state index contributed by atoms with van der Waals surface area (Å²) in [5.74, 6) is 0.675. The third-order valence-corrected chi connectivity index (χ3v) is 3.98. The fraction of sp³-hybridized carbons (Fsp3) is 0.125. The summed E-state index contributed by atoms with van der Waals surface area (Å²) in [4.78, 5) is 11.7. The van der Waals surface area contributed by atoms with E-state index >= 15 is 0 Å². The fourth-order valence-electron chi connectivity index (χ4n) is 1.71. The van der Waals surface area contributed by atoms with Gasteiger partial charge >= 0.3 is 0 Å². The van der Waals surface area contributed by atoms with Crippen molar-refractivity contribution in [3.8, 4) is 11.5 Å². The molecule has 1 amide bonds. The molecule has 0 bridgehead atoms. The second kappa shape index (κ2) is 8.92. The van der Waals surface area contributed by atoms with E-state index in [0.29, 0.717) is 21.5 Å². The molecule has 8 heteroatoms. The highest BCUT2D eigenvalue weighted by molar-refractivity contribution is 9.10. The highest BCUT2D eigenvalue weighted by Crippen LogP contribution is 2.27. The number of halogens is 3. The van der Waals surface area contributed by atoms with Crippen LogP contribution in [0.15, 0.2) is 46.0 Å². The summed E-state index contributed by atoms with van der Waals surface area (Å²) in [6, 6.07) is 10.2. The number of nitrogens with zero attached hydrogens (tertiary/aromatic N) is 1. The predicted octanol–water partition coefficient (Wildman–Crippen LogP) is 4.29. The number of hydrogen-bond acceptors (Lipinski definition) is 4. The number of nitrogens with one attached hydrogen (secondary N) is 1. The second-order valence-electron chi connectivity index (χ2n) is 4.55. The second-order valence-corrected chi connectivity index (χ2v) is 6.25. The van der Waals surface area contributed by atoms with Crippen LogP contribution in [0.4, 0.5) is 0 Å². The Bertz CT molecular complexity index is 769. The van der Waals surface area contributed by atoms with Crippen molar-refractivity contribution in [3.63, 3.8) is 0 Å². The van der Waals surface area contributed by atoms with Gasteiger partial charge in [-0.05, 0) is 57.9 Å². The molecule has 5 nitrogen and oxygen atoms in total. The summed E-state index contributed by atoms with van der Waals surface area (Å²) in [5, 5.41) is 4.69. The summed E-state index contributed by atoms with van der Waals surface area (Å²) < 4.78 is 11.2. The standard InChI is InChI=1S/C16H13BrCl2N2O3/c1-23-14-4-2-10(6-12(14)17)8-20-21-16(22)9-24-15-5-3-11(18)7-13(15)19/h2-8H,9H2,1H3,(H,21,22)/b20-8+. The number of benzene rings is 2. The third-order valence-electron chi connectivity index (χ3n) is 2.83. The quantitative estimate of drug-likeness (QED) is 0.548. The molecule has 24 heavy (non-hydrogen) atoms. The molecule has 0 aromatic heterocycles. The summed E-state index contributed by atoms with van der Waals surface area (Å²) in [7, 11) is 1.58. The van der Waals surface area contributed by atoms with Crippen molar-refractivity contribution >= 4 is 51.3 Å². The molecule has 2 aromatic carbocycles. The van der Waals surface area contributed by atoms with Gasteiger partial charge in [0, 0.05) is 5.02 Å². The van der Waals surface area contributed by atoms with Crippen LogP contribution in [0, 0.1) is 0 Å². The molecule has 0 atom stereocenters. The van der Waals surface area contributed by atoms with Gasteiger partial charge in [-0.15, -0.1) is 0 Å². The zero-order valence-electron chi connectivity index (χ0n) is 12.6. The van der Waals surface area contributed by atoms with Gasteiger partial charge in [0.15, 0.2) is 6.61 Å². The van der Waals surface area contributed by atoms with Gasteiger partial charge < -0.3 is 9.47 Å². The third kappa shape index (κ3) is 5.40. The van der Waals surface area contributed by atoms with E-state index in [1.54, 1.807) is 25.3 Å². The van der Waals surface area contributed by atoms with Crippen LogP contribution in [0.2, 0.25) is 10.0 Å². The number of carbonyl (C=O) groups is 1. The lowest BCUT2D eigenvalue weighted by molar-refractivity contribution is -0.123. The van der Waals surface area contributed by atoms with Gasteiger partial charge in [0.2, 0.25) is 0 Å². The summed E-state index contributed by atoms with van der Waals surface area (Å²) in [6.45, 7) is -0.217. The smallest absolute Gasteiger partial charge is 0.277 e. The van der Waals surface area contributed by atoms with Crippen LogP contribution >= 0.6 is 39.1 Å². The fourth-order valence-corrected chi connectivity index (χ4v) is 2.73. The predicted molar refractivity (Wildman–Crippen MR) is 98.4 cm³/mol. The largest absolute Gasteiger partial charge is 0.496 e. The van der Waals surface area contributed by atoms with Crippen LogP contribution in [-0.2, 0) is 4.79 Å². The number of hydrogen-bond donors (Lipinski definition) is 1.